The second kappa shape index (κ2) is 7.59. The van der Waals surface area contributed by atoms with E-state index < -0.39 is 0 Å². The number of hydrogen-bond donors (Lipinski definition) is 1. The van der Waals surface area contributed by atoms with Gasteiger partial charge < -0.3 is 10.1 Å². The molecule has 2 aromatic carbocycles. The molecule has 1 heterocycles. The van der Waals surface area contributed by atoms with Crippen LogP contribution in [-0.4, -0.2) is 12.0 Å². The minimum absolute atomic E-state index is 0.503. The third-order valence-corrected chi connectivity index (χ3v) is 4.49. The quantitative estimate of drug-likeness (QED) is 0.700. The highest BCUT2D eigenvalue weighted by molar-refractivity contribution is 7.09. The van der Waals surface area contributed by atoms with E-state index in [0.717, 1.165) is 28.4 Å². The molecule has 5 heteroatoms. The zero-order valence-electron chi connectivity index (χ0n) is 12.8. The van der Waals surface area contributed by atoms with Crippen molar-refractivity contribution in [2.75, 3.05) is 7.05 Å². The first-order chi connectivity index (χ1) is 11.3. The standard InChI is InChI=1S/C18H17ClN2OS/c1-20-10-18-21-16(12-23-18)14-7-8-17(15(19)9-14)22-11-13-5-3-2-4-6-13/h2-9,12,20H,10-11H2,1H3. The van der Waals surface area contributed by atoms with Crippen molar-refractivity contribution in [3.63, 3.8) is 0 Å². The topological polar surface area (TPSA) is 34.2 Å². The summed E-state index contributed by atoms with van der Waals surface area (Å²) in [5.41, 5.74) is 3.06. The molecule has 0 saturated carbocycles. The van der Waals surface area contributed by atoms with Crippen LogP contribution in [0.3, 0.4) is 0 Å². The van der Waals surface area contributed by atoms with Crippen LogP contribution in [0.15, 0.2) is 53.9 Å². The van der Waals surface area contributed by atoms with Crippen molar-refractivity contribution in [1.29, 1.82) is 0 Å². The highest BCUT2D eigenvalue weighted by atomic mass is 35.5. The maximum absolute atomic E-state index is 6.35. The van der Waals surface area contributed by atoms with Crippen molar-refractivity contribution >= 4 is 22.9 Å². The second-order valence-electron chi connectivity index (χ2n) is 5.08. The number of benzene rings is 2. The number of hydrogen-bond acceptors (Lipinski definition) is 4. The smallest absolute Gasteiger partial charge is 0.138 e. The summed E-state index contributed by atoms with van der Waals surface area (Å²) in [5.74, 6) is 0.685. The fourth-order valence-corrected chi connectivity index (χ4v) is 3.24. The lowest BCUT2D eigenvalue weighted by atomic mass is 10.1. The Morgan fingerprint density at radius 3 is 2.74 bits per heavy atom. The van der Waals surface area contributed by atoms with Crippen LogP contribution in [0, 0.1) is 0 Å². The van der Waals surface area contributed by atoms with Crippen LogP contribution in [0.25, 0.3) is 11.3 Å². The first kappa shape index (κ1) is 16.0. The summed E-state index contributed by atoms with van der Waals surface area (Å²) < 4.78 is 5.80. The lowest BCUT2D eigenvalue weighted by molar-refractivity contribution is 0.306. The van der Waals surface area contributed by atoms with Crippen LogP contribution in [0.5, 0.6) is 5.75 Å². The van der Waals surface area contributed by atoms with E-state index in [1.165, 1.54) is 0 Å². The Morgan fingerprint density at radius 1 is 1.17 bits per heavy atom. The molecule has 0 spiro atoms. The predicted octanol–water partition coefficient (Wildman–Crippen LogP) is 4.76. The molecule has 0 aliphatic rings. The van der Waals surface area contributed by atoms with Crippen molar-refractivity contribution < 1.29 is 4.74 Å². The Bertz CT molecular complexity index is 774. The van der Waals surface area contributed by atoms with Crippen LogP contribution >= 0.6 is 22.9 Å². The minimum Gasteiger partial charge on any atom is -0.487 e. The van der Waals surface area contributed by atoms with E-state index in [1.807, 2.05) is 61.0 Å². The van der Waals surface area contributed by atoms with E-state index in [4.69, 9.17) is 16.3 Å². The summed E-state index contributed by atoms with van der Waals surface area (Å²) in [4.78, 5) is 4.59. The molecule has 0 atom stereocenters. The fraction of sp³-hybridized carbons (Fsp3) is 0.167. The highest BCUT2D eigenvalue weighted by Gasteiger charge is 2.08. The minimum atomic E-state index is 0.503. The molecule has 1 aromatic heterocycles. The average molecular weight is 345 g/mol. The molecule has 0 bridgehead atoms. The predicted molar refractivity (Wildman–Crippen MR) is 96.1 cm³/mol. The maximum Gasteiger partial charge on any atom is 0.138 e. The lowest BCUT2D eigenvalue weighted by Crippen LogP contribution is -2.04. The molecule has 0 fully saturated rings. The van der Waals surface area contributed by atoms with Gasteiger partial charge in [-0.1, -0.05) is 41.9 Å². The normalized spacial score (nSPS) is 10.7. The van der Waals surface area contributed by atoms with Gasteiger partial charge in [-0.15, -0.1) is 11.3 Å². The molecule has 118 valence electrons. The third-order valence-electron chi connectivity index (χ3n) is 3.34. The number of halogens is 1. The van der Waals surface area contributed by atoms with E-state index in [-0.39, 0.29) is 0 Å². The molecule has 0 aliphatic carbocycles. The third kappa shape index (κ3) is 4.10. The van der Waals surface area contributed by atoms with Crippen LogP contribution in [0.2, 0.25) is 5.02 Å². The first-order valence-corrected chi connectivity index (χ1v) is 8.57. The zero-order chi connectivity index (χ0) is 16.1. The van der Waals surface area contributed by atoms with E-state index in [2.05, 4.69) is 10.3 Å². The number of rotatable bonds is 6. The van der Waals surface area contributed by atoms with E-state index in [0.29, 0.717) is 17.4 Å². The SMILES string of the molecule is CNCc1nc(-c2ccc(OCc3ccccc3)c(Cl)c2)cs1. The number of ether oxygens (including phenoxy) is 1. The van der Waals surface area contributed by atoms with E-state index in [9.17, 15) is 0 Å². The van der Waals surface area contributed by atoms with Crippen LogP contribution in [-0.2, 0) is 13.2 Å². The van der Waals surface area contributed by atoms with Crippen LogP contribution in [0.1, 0.15) is 10.6 Å². The van der Waals surface area contributed by atoms with Gasteiger partial charge in [0, 0.05) is 17.5 Å². The Balaban J connectivity index is 1.72. The molecule has 0 unspecified atom stereocenters. The van der Waals surface area contributed by atoms with Crippen molar-refractivity contribution in [3.05, 3.63) is 69.5 Å². The van der Waals surface area contributed by atoms with Gasteiger partial charge in [0.05, 0.1) is 10.7 Å². The van der Waals surface area contributed by atoms with Gasteiger partial charge in [-0.05, 0) is 30.8 Å². The molecule has 0 saturated heterocycles. The summed E-state index contributed by atoms with van der Waals surface area (Å²) in [6.45, 7) is 1.28. The Labute approximate surface area is 144 Å². The number of nitrogens with one attached hydrogen (secondary N) is 1. The van der Waals surface area contributed by atoms with Crippen molar-refractivity contribution in [2.45, 2.75) is 13.2 Å². The van der Waals surface area contributed by atoms with Crippen LogP contribution < -0.4 is 10.1 Å². The molecule has 0 aliphatic heterocycles. The molecule has 23 heavy (non-hydrogen) atoms. The molecular weight excluding hydrogens is 328 g/mol. The number of nitrogens with zero attached hydrogens (tertiary/aromatic N) is 1. The van der Waals surface area contributed by atoms with E-state index >= 15 is 0 Å². The summed E-state index contributed by atoms with van der Waals surface area (Å²) in [7, 11) is 1.91. The zero-order valence-corrected chi connectivity index (χ0v) is 14.3. The van der Waals surface area contributed by atoms with Crippen molar-refractivity contribution in [1.82, 2.24) is 10.3 Å². The molecular formula is C18H17ClN2OS. The average Bonchev–Trinajstić information content (AvgIpc) is 3.04. The Morgan fingerprint density at radius 2 is 2.00 bits per heavy atom. The maximum atomic E-state index is 6.35. The van der Waals surface area contributed by atoms with Crippen LogP contribution in [0.4, 0.5) is 0 Å². The van der Waals surface area contributed by atoms with Gasteiger partial charge in [0.1, 0.15) is 17.4 Å². The molecule has 0 radical (unpaired) electrons. The van der Waals surface area contributed by atoms with Gasteiger partial charge in [-0.3, -0.25) is 0 Å². The fourth-order valence-electron chi connectivity index (χ4n) is 2.19. The molecule has 0 amide bonds. The largest absolute Gasteiger partial charge is 0.487 e. The second-order valence-corrected chi connectivity index (χ2v) is 6.43. The van der Waals surface area contributed by atoms with Crippen molar-refractivity contribution in [3.8, 4) is 17.0 Å². The Hall–Kier alpha value is -1.88. The van der Waals surface area contributed by atoms with Crippen molar-refractivity contribution in [2.24, 2.45) is 0 Å². The molecule has 1 N–H and O–H groups in total. The molecule has 3 aromatic rings. The molecule has 3 nitrogen and oxygen atoms in total. The monoisotopic (exact) mass is 344 g/mol. The van der Waals surface area contributed by atoms with Gasteiger partial charge in [-0.25, -0.2) is 4.98 Å². The summed E-state index contributed by atoms with van der Waals surface area (Å²) in [6.07, 6.45) is 0. The Kier molecular flexibility index (Phi) is 5.28. The summed E-state index contributed by atoms with van der Waals surface area (Å²) in [5, 5.41) is 6.80. The summed E-state index contributed by atoms with van der Waals surface area (Å²) in [6, 6.07) is 15.8. The number of aromatic nitrogens is 1. The van der Waals surface area contributed by atoms with Gasteiger partial charge in [0.15, 0.2) is 0 Å². The summed E-state index contributed by atoms with van der Waals surface area (Å²) >= 11 is 7.99. The lowest BCUT2D eigenvalue weighted by Gasteiger charge is -2.09. The molecule has 3 rings (SSSR count). The highest BCUT2D eigenvalue weighted by Crippen LogP contribution is 2.31. The first-order valence-electron chi connectivity index (χ1n) is 7.32. The number of thiazole rings is 1. The van der Waals surface area contributed by atoms with Gasteiger partial charge >= 0.3 is 0 Å². The van der Waals surface area contributed by atoms with Gasteiger partial charge in [-0.2, -0.15) is 0 Å². The van der Waals surface area contributed by atoms with E-state index in [1.54, 1.807) is 11.3 Å². The van der Waals surface area contributed by atoms with Gasteiger partial charge in [0.25, 0.3) is 0 Å². The van der Waals surface area contributed by atoms with Gasteiger partial charge in [0.2, 0.25) is 0 Å².